The largest absolute Gasteiger partial charge is 0.479 e. The molecule has 24 heteroatoms. The van der Waals surface area contributed by atoms with Crippen LogP contribution >= 0.6 is 0 Å². The lowest BCUT2D eigenvalue weighted by atomic mass is 9.92. The van der Waals surface area contributed by atoms with Gasteiger partial charge in [-0.1, -0.05) is 0 Å². The lowest BCUT2D eigenvalue weighted by Crippen LogP contribution is -2.70. The van der Waals surface area contributed by atoms with Gasteiger partial charge in [-0.05, 0) is 6.92 Å². The van der Waals surface area contributed by atoms with Crippen molar-refractivity contribution in [3.05, 3.63) is 0 Å². The fourth-order valence-electron chi connectivity index (χ4n) is 6.55. The van der Waals surface area contributed by atoms with Crippen molar-refractivity contribution in [1.82, 2.24) is 10.6 Å². The van der Waals surface area contributed by atoms with Crippen LogP contribution in [-0.2, 0) is 52.3 Å². The van der Waals surface area contributed by atoms with Gasteiger partial charge in [0.15, 0.2) is 31.1 Å². The summed E-state index contributed by atoms with van der Waals surface area (Å²) in [5.74, 6) is -5.04. The maximum absolute atomic E-state index is 12.5. The number of aliphatic carboxylic acids is 2. The van der Waals surface area contributed by atoms with Gasteiger partial charge in [0.25, 0.3) is 0 Å². The van der Waals surface area contributed by atoms with Gasteiger partial charge in [0.05, 0.1) is 25.4 Å². The summed E-state index contributed by atoms with van der Waals surface area (Å²) in [4.78, 5) is 48.3. The van der Waals surface area contributed by atoms with Gasteiger partial charge in [-0.3, -0.25) is 9.59 Å². The van der Waals surface area contributed by atoms with Crippen molar-refractivity contribution in [2.45, 2.75) is 143 Å². The third kappa shape index (κ3) is 9.21. The number of carbonyl (C=O) groups excluding carboxylic acids is 2. The van der Waals surface area contributed by atoms with Crippen LogP contribution in [0.3, 0.4) is 0 Å². The van der Waals surface area contributed by atoms with Crippen molar-refractivity contribution in [3.8, 4) is 0 Å². The molecule has 2 amide bonds. The number of nitrogens with one attached hydrogen (secondary N) is 2. The zero-order valence-electron chi connectivity index (χ0n) is 28.4. The molecule has 0 aliphatic carbocycles. The maximum atomic E-state index is 12.5. The Hall–Kier alpha value is -2.76. The third-order valence-electron chi connectivity index (χ3n) is 9.21. The Balaban J connectivity index is 1.62. The number of hydrogen-bond acceptors (Lipinski definition) is 20. The van der Waals surface area contributed by atoms with Crippen LogP contribution in [0.5, 0.6) is 0 Å². The minimum atomic E-state index is -2.24. The smallest absolute Gasteiger partial charge is 0.335 e. The molecule has 0 bridgehead atoms. The molecule has 13 N–H and O–H groups in total. The number of carbonyl (C=O) groups is 4. The van der Waals surface area contributed by atoms with Crippen LogP contribution in [0.1, 0.15) is 20.8 Å². The molecular formula is C29H46N2O22. The molecule has 4 saturated heterocycles. The number of hydrogen-bond donors (Lipinski definition) is 13. The summed E-state index contributed by atoms with van der Waals surface area (Å²) >= 11 is 0. The molecule has 24 nitrogen and oxygen atoms in total. The van der Waals surface area contributed by atoms with Crippen molar-refractivity contribution in [3.63, 3.8) is 0 Å². The van der Waals surface area contributed by atoms with E-state index < -0.39 is 159 Å². The Labute approximate surface area is 299 Å². The van der Waals surface area contributed by atoms with E-state index in [1.165, 1.54) is 6.92 Å². The second-order valence-corrected chi connectivity index (χ2v) is 13.0. The number of rotatable bonds is 12. The molecule has 4 rings (SSSR count). The van der Waals surface area contributed by atoms with Crippen LogP contribution in [0.25, 0.3) is 0 Å². The van der Waals surface area contributed by atoms with Crippen molar-refractivity contribution < 1.29 is 109 Å². The van der Waals surface area contributed by atoms with Crippen molar-refractivity contribution in [1.29, 1.82) is 0 Å². The van der Waals surface area contributed by atoms with E-state index in [9.17, 15) is 75.3 Å². The zero-order valence-corrected chi connectivity index (χ0v) is 28.4. The highest BCUT2D eigenvalue weighted by Gasteiger charge is 2.57. The first kappa shape index (κ1) is 43.0. The van der Waals surface area contributed by atoms with E-state index in [-0.39, 0.29) is 0 Å². The Morgan fingerprint density at radius 2 is 0.962 bits per heavy atom. The number of aliphatic hydroxyl groups excluding tert-OH is 9. The number of aliphatic hydroxyl groups is 9. The maximum Gasteiger partial charge on any atom is 0.335 e. The van der Waals surface area contributed by atoms with Gasteiger partial charge in [0.1, 0.15) is 79.3 Å². The Morgan fingerprint density at radius 1 is 0.528 bits per heavy atom. The van der Waals surface area contributed by atoms with Crippen LogP contribution in [-0.4, -0.2) is 216 Å². The highest BCUT2D eigenvalue weighted by atomic mass is 16.8. The molecule has 0 radical (unpaired) electrons. The molecule has 0 saturated carbocycles. The van der Waals surface area contributed by atoms with Crippen LogP contribution in [0.2, 0.25) is 0 Å². The molecule has 53 heavy (non-hydrogen) atoms. The molecule has 0 aromatic carbocycles. The SMILES string of the molecule is CC(=O)NC1C(O[C@@H]2OC(C(=O)O)[C@@H](O)C(O)C2O)[C@H](O)C(CO)O[C@H]1O[C@@H]1C(C(=O)O)O[C@@H](OC2C(NC(C)=O)[C@H](C)OC(CO)[C@H]2O)C(O)C1O. The van der Waals surface area contributed by atoms with Crippen LogP contribution in [0.15, 0.2) is 0 Å². The van der Waals surface area contributed by atoms with Crippen molar-refractivity contribution in [2.24, 2.45) is 0 Å². The molecule has 0 aromatic rings. The van der Waals surface area contributed by atoms with Crippen LogP contribution in [0.4, 0.5) is 0 Å². The summed E-state index contributed by atoms with van der Waals surface area (Å²) in [5.41, 5.74) is 0. The van der Waals surface area contributed by atoms with Gasteiger partial charge in [0, 0.05) is 13.8 Å². The molecule has 12 unspecified atom stereocenters. The molecule has 4 aliphatic heterocycles. The lowest BCUT2D eigenvalue weighted by molar-refractivity contribution is -0.366. The average Bonchev–Trinajstić information content (AvgIpc) is 3.08. The number of amides is 2. The second kappa shape index (κ2) is 17.8. The van der Waals surface area contributed by atoms with E-state index in [1.807, 2.05) is 0 Å². The second-order valence-electron chi connectivity index (χ2n) is 13.0. The topological polar surface area (TPSA) is 379 Å². The average molecular weight is 775 g/mol. The first-order valence-corrected chi connectivity index (χ1v) is 16.4. The summed E-state index contributed by atoms with van der Waals surface area (Å²) < 4.78 is 38.8. The fraction of sp³-hybridized carbons (Fsp3) is 0.862. The minimum absolute atomic E-state index is 0.592. The van der Waals surface area contributed by atoms with Gasteiger partial charge >= 0.3 is 11.9 Å². The number of carboxylic acids is 2. The summed E-state index contributed by atoms with van der Waals surface area (Å²) in [6, 6.07) is -2.90. The molecule has 304 valence electrons. The number of ether oxygens (including phenoxy) is 7. The lowest BCUT2D eigenvalue weighted by Gasteiger charge is -2.49. The third-order valence-corrected chi connectivity index (χ3v) is 9.21. The zero-order chi connectivity index (χ0) is 39.6. The van der Waals surface area contributed by atoms with E-state index >= 15 is 0 Å². The van der Waals surface area contributed by atoms with Gasteiger partial charge in [-0.15, -0.1) is 0 Å². The van der Waals surface area contributed by atoms with Crippen molar-refractivity contribution in [2.75, 3.05) is 13.2 Å². The van der Waals surface area contributed by atoms with E-state index in [2.05, 4.69) is 10.6 Å². The van der Waals surface area contributed by atoms with Crippen LogP contribution in [0, 0.1) is 0 Å². The Morgan fingerprint density at radius 3 is 1.45 bits per heavy atom. The van der Waals surface area contributed by atoms with Gasteiger partial charge in [-0.2, -0.15) is 0 Å². The van der Waals surface area contributed by atoms with E-state index in [0.717, 1.165) is 13.8 Å². The predicted octanol–water partition coefficient (Wildman–Crippen LogP) is -8.21. The number of carboxylic acid groups (broad SMARTS) is 2. The van der Waals surface area contributed by atoms with E-state index in [0.29, 0.717) is 0 Å². The molecular weight excluding hydrogens is 728 g/mol. The van der Waals surface area contributed by atoms with Crippen molar-refractivity contribution >= 4 is 23.8 Å². The summed E-state index contributed by atoms with van der Waals surface area (Å²) in [6.45, 7) is 1.90. The first-order valence-electron chi connectivity index (χ1n) is 16.4. The first-order chi connectivity index (χ1) is 24.8. The summed E-state index contributed by atoms with van der Waals surface area (Å²) in [6.07, 6.45) is -34.3. The molecule has 4 fully saturated rings. The monoisotopic (exact) mass is 774 g/mol. The van der Waals surface area contributed by atoms with Gasteiger partial charge < -0.3 is 100.0 Å². The Bertz CT molecular complexity index is 1290. The van der Waals surface area contributed by atoms with Crippen LogP contribution < -0.4 is 10.6 Å². The minimum Gasteiger partial charge on any atom is -0.479 e. The van der Waals surface area contributed by atoms with E-state index in [4.69, 9.17) is 33.2 Å². The summed E-state index contributed by atoms with van der Waals surface area (Å²) in [5, 5.41) is 119. The van der Waals surface area contributed by atoms with Gasteiger partial charge in [0.2, 0.25) is 11.8 Å². The molecule has 0 spiro atoms. The fourth-order valence-corrected chi connectivity index (χ4v) is 6.55. The molecule has 20 atom stereocenters. The van der Waals surface area contributed by atoms with Gasteiger partial charge in [-0.25, -0.2) is 9.59 Å². The summed E-state index contributed by atoms with van der Waals surface area (Å²) in [7, 11) is 0. The standard InChI is InChI=1S/C29H46N2O22/c1-6-11(30-7(2)34)20(13(36)9(4-32)47-6)49-29-19(42)17(40)22(24(53-29)26(45)46)51-27-12(31-8(3)35)21(14(37)10(5-33)48-27)50-28-18(41)15(38)16(39)23(52-28)25(43)44/h6,9-24,27-29,32-33,36-42H,4-5H2,1-3H3,(H,30,34)(H,31,35)(H,43,44)(H,45,46)/t6-,9?,10?,11?,12?,13+,14+,15?,16-,17?,18?,19?,20?,21?,22-,23?,24?,27-,28+,29+/m0/s1. The Kier molecular flexibility index (Phi) is 14.4. The van der Waals surface area contributed by atoms with E-state index in [1.54, 1.807) is 0 Å². The quantitative estimate of drug-likeness (QED) is 0.0875. The normalized spacial score (nSPS) is 46.3. The highest BCUT2D eigenvalue weighted by Crippen LogP contribution is 2.34. The highest BCUT2D eigenvalue weighted by molar-refractivity contribution is 5.74. The molecule has 4 heterocycles. The molecule has 0 aromatic heterocycles. The molecule has 4 aliphatic rings. The predicted molar refractivity (Wildman–Crippen MR) is 162 cm³/mol.